The van der Waals surface area contributed by atoms with E-state index in [0.717, 1.165) is 6.54 Å². The molecule has 0 saturated heterocycles. The molecular formula is C11H14N2. The van der Waals surface area contributed by atoms with E-state index in [1.807, 2.05) is 12.3 Å². The molecule has 2 nitrogen and oxygen atoms in total. The van der Waals surface area contributed by atoms with Crippen molar-refractivity contribution in [2.45, 2.75) is 13.3 Å². The highest BCUT2D eigenvalue weighted by Crippen LogP contribution is 2.20. The van der Waals surface area contributed by atoms with E-state index in [1.165, 1.54) is 17.8 Å². The quantitative estimate of drug-likeness (QED) is 0.689. The summed E-state index contributed by atoms with van der Waals surface area (Å²) in [5.74, 6) is 0. The van der Waals surface area contributed by atoms with Gasteiger partial charge in [0.15, 0.2) is 0 Å². The largest absolute Gasteiger partial charge is 0.360 e. The molecule has 2 heterocycles. The molecule has 0 unspecified atom stereocenters. The molecular weight excluding hydrogens is 160 g/mol. The summed E-state index contributed by atoms with van der Waals surface area (Å²) in [6, 6.07) is 0. The van der Waals surface area contributed by atoms with Crippen molar-refractivity contribution < 1.29 is 0 Å². The fraction of sp³-hybridized carbons (Fsp3) is 0.273. The Bertz CT molecular complexity index is 308. The minimum Gasteiger partial charge on any atom is -0.360 e. The van der Waals surface area contributed by atoms with Crippen LogP contribution in [0, 0.1) is 0 Å². The summed E-state index contributed by atoms with van der Waals surface area (Å²) in [6.07, 6.45) is 13.6. The molecule has 0 aliphatic carbocycles. The van der Waals surface area contributed by atoms with Crippen molar-refractivity contribution in [3.8, 4) is 0 Å². The van der Waals surface area contributed by atoms with Gasteiger partial charge in [-0.2, -0.15) is 0 Å². The van der Waals surface area contributed by atoms with E-state index in [4.69, 9.17) is 0 Å². The van der Waals surface area contributed by atoms with Gasteiger partial charge in [-0.1, -0.05) is 6.92 Å². The SMILES string of the molecule is CCCN1C=CC=C2NC=CC=C21. The van der Waals surface area contributed by atoms with E-state index in [1.54, 1.807) is 0 Å². The summed E-state index contributed by atoms with van der Waals surface area (Å²) in [5, 5.41) is 3.23. The standard InChI is InChI=1S/C11H14N2/c1-2-8-13-9-4-5-10-11(13)6-3-7-12-10/h3-7,9,12H,2,8H2,1H3. The van der Waals surface area contributed by atoms with Gasteiger partial charge in [-0.25, -0.2) is 0 Å². The van der Waals surface area contributed by atoms with Gasteiger partial charge < -0.3 is 10.2 Å². The lowest BCUT2D eigenvalue weighted by Crippen LogP contribution is -2.26. The van der Waals surface area contributed by atoms with Crippen LogP contribution in [-0.2, 0) is 0 Å². The molecule has 0 atom stereocenters. The Labute approximate surface area is 78.9 Å². The molecule has 0 bridgehead atoms. The van der Waals surface area contributed by atoms with Crippen LogP contribution in [-0.4, -0.2) is 11.4 Å². The molecule has 2 rings (SSSR count). The number of hydrogen-bond acceptors (Lipinski definition) is 2. The Balaban J connectivity index is 2.23. The van der Waals surface area contributed by atoms with Crippen LogP contribution in [0.5, 0.6) is 0 Å². The van der Waals surface area contributed by atoms with Crippen LogP contribution in [0.25, 0.3) is 0 Å². The second kappa shape index (κ2) is 3.52. The number of rotatable bonds is 2. The van der Waals surface area contributed by atoms with Gasteiger partial charge in [-0.3, -0.25) is 0 Å². The first-order valence-corrected chi connectivity index (χ1v) is 4.70. The lowest BCUT2D eigenvalue weighted by atomic mass is 10.1. The van der Waals surface area contributed by atoms with Crippen LogP contribution in [0.1, 0.15) is 13.3 Å². The van der Waals surface area contributed by atoms with Crippen LogP contribution in [0.2, 0.25) is 0 Å². The van der Waals surface area contributed by atoms with E-state index in [9.17, 15) is 0 Å². The minimum atomic E-state index is 1.08. The molecule has 13 heavy (non-hydrogen) atoms. The first kappa shape index (κ1) is 8.17. The fourth-order valence-corrected chi connectivity index (χ4v) is 1.58. The number of fused-ring (bicyclic) bond motifs is 1. The summed E-state index contributed by atoms with van der Waals surface area (Å²) >= 11 is 0. The Morgan fingerprint density at radius 1 is 1.31 bits per heavy atom. The Morgan fingerprint density at radius 3 is 3.08 bits per heavy atom. The third kappa shape index (κ3) is 1.52. The van der Waals surface area contributed by atoms with Gasteiger partial charge in [-0.05, 0) is 30.7 Å². The maximum Gasteiger partial charge on any atom is 0.0645 e. The highest BCUT2D eigenvalue weighted by molar-refractivity contribution is 5.41. The topological polar surface area (TPSA) is 15.3 Å². The zero-order chi connectivity index (χ0) is 9.10. The average molecular weight is 174 g/mol. The molecule has 0 fully saturated rings. The summed E-state index contributed by atoms with van der Waals surface area (Å²) in [6.45, 7) is 3.27. The lowest BCUT2D eigenvalue weighted by molar-refractivity contribution is 0.459. The maximum absolute atomic E-state index is 3.23. The number of dihydropyridines is 1. The van der Waals surface area contributed by atoms with Crippen LogP contribution in [0.3, 0.4) is 0 Å². The molecule has 1 N–H and O–H groups in total. The van der Waals surface area contributed by atoms with Crippen molar-refractivity contribution in [1.29, 1.82) is 0 Å². The molecule has 0 saturated carbocycles. The van der Waals surface area contributed by atoms with Gasteiger partial charge in [0.05, 0.1) is 11.4 Å². The maximum atomic E-state index is 3.23. The third-order valence-electron chi connectivity index (χ3n) is 2.17. The molecule has 0 aromatic carbocycles. The van der Waals surface area contributed by atoms with Gasteiger partial charge in [0.1, 0.15) is 0 Å². The predicted molar refractivity (Wildman–Crippen MR) is 54.6 cm³/mol. The summed E-state index contributed by atoms with van der Waals surface area (Å²) in [7, 11) is 0. The zero-order valence-corrected chi connectivity index (χ0v) is 7.83. The molecule has 2 aliphatic rings. The minimum absolute atomic E-state index is 1.08. The predicted octanol–water partition coefficient (Wildman–Crippen LogP) is 2.11. The molecule has 68 valence electrons. The van der Waals surface area contributed by atoms with Gasteiger partial charge in [0.2, 0.25) is 0 Å². The second-order valence-corrected chi connectivity index (χ2v) is 3.17. The molecule has 0 spiro atoms. The number of nitrogens with zero attached hydrogens (tertiary/aromatic N) is 1. The third-order valence-corrected chi connectivity index (χ3v) is 2.17. The monoisotopic (exact) mass is 174 g/mol. The fourth-order valence-electron chi connectivity index (χ4n) is 1.58. The second-order valence-electron chi connectivity index (χ2n) is 3.17. The Kier molecular flexibility index (Phi) is 2.21. The molecule has 0 amide bonds. The number of nitrogens with one attached hydrogen (secondary N) is 1. The van der Waals surface area contributed by atoms with Crippen LogP contribution in [0.15, 0.2) is 48.1 Å². The molecule has 0 aromatic rings. The number of allylic oxidation sites excluding steroid dienone is 4. The first-order valence-electron chi connectivity index (χ1n) is 4.70. The molecule has 2 aliphatic heterocycles. The van der Waals surface area contributed by atoms with Crippen molar-refractivity contribution in [2.24, 2.45) is 0 Å². The highest BCUT2D eigenvalue weighted by Gasteiger charge is 2.13. The van der Waals surface area contributed by atoms with Crippen molar-refractivity contribution in [2.75, 3.05) is 6.54 Å². The Morgan fingerprint density at radius 2 is 2.23 bits per heavy atom. The lowest BCUT2D eigenvalue weighted by Gasteiger charge is -2.28. The molecule has 2 heteroatoms. The average Bonchev–Trinajstić information content (AvgIpc) is 2.19. The summed E-state index contributed by atoms with van der Waals surface area (Å²) in [4.78, 5) is 2.27. The van der Waals surface area contributed by atoms with Crippen LogP contribution in [0.4, 0.5) is 0 Å². The van der Waals surface area contributed by atoms with Crippen LogP contribution >= 0.6 is 0 Å². The van der Waals surface area contributed by atoms with Crippen molar-refractivity contribution in [3.05, 3.63) is 48.1 Å². The van der Waals surface area contributed by atoms with Crippen molar-refractivity contribution in [3.63, 3.8) is 0 Å². The Hall–Kier alpha value is -1.44. The van der Waals surface area contributed by atoms with E-state index in [-0.39, 0.29) is 0 Å². The summed E-state index contributed by atoms with van der Waals surface area (Å²) in [5.41, 5.74) is 2.46. The van der Waals surface area contributed by atoms with Gasteiger partial charge >= 0.3 is 0 Å². The van der Waals surface area contributed by atoms with Crippen molar-refractivity contribution in [1.82, 2.24) is 10.2 Å². The molecule has 0 radical (unpaired) electrons. The van der Waals surface area contributed by atoms with E-state index in [2.05, 4.69) is 41.6 Å². The van der Waals surface area contributed by atoms with Crippen LogP contribution < -0.4 is 5.32 Å². The summed E-state index contributed by atoms with van der Waals surface area (Å²) < 4.78 is 0. The van der Waals surface area contributed by atoms with E-state index in [0.29, 0.717) is 0 Å². The number of hydrogen-bond donors (Lipinski definition) is 1. The van der Waals surface area contributed by atoms with E-state index >= 15 is 0 Å². The molecule has 0 aromatic heterocycles. The van der Waals surface area contributed by atoms with Crippen molar-refractivity contribution >= 4 is 0 Å². The van der Waals surface area contributed by atoms with Gasteiger partial charge in [0.25, 0.3) is 0 Å². The zero-order valence-electron chi connectivity index (χ0n) is 7.83. The first-order chi connectivity index (χ1) is 6.42. The smallest absolute Gasteiger partial charge is 0.0645 e. The van der Waals surface area contributed by atoms with E-state index < -0.39 is 0 Å². The van der Waals surface area contributed by atoms with Gasteiger partial charge in [0, 0.05) is 18.9 Å². The normalized spacial score (nSPS) is 19.0. The highest BCUT2D eigenvalue weighted by atomic mass is 15.1. The van der Waals surface area contributed by atoms with Gasteiger partial charge in [-0.15, -0.1) is 0 Å².